The van der Waals surface area contributed by atoms with Gasteiger partial charge >= 0.3 is 6.18 Å². The molecule has 0 unspecified atom stereocenters. The Morgan fingerprint density at radius 1 is 1.11 bits per heavy atom. The smallest absolute Gasteiger partial charge is 0.293 e. The van der Waals surface area contributed by atoms with Crippen molar-refractivity contribution in [2.75, 3.05) is 6.54 Å². The predicted molar refractivity (Wildman–Crippen MR) is 67.9 cm³/mol. The first kappa shape index (κ1) is 15.7. The van der Waals surface area contributed by atoms with Gasteiger partial charge in [-0.05, 0) is 35.6 Å². The van der Waals surface area contributed by atoms with Crippen molar-refractivity contribution >= 4 is 6.21 Å². The second-order valence-corrected chi connectivity index (χ2v) is 5.62. The lowest BCUT2D eigenvalue weighted by molar-refractivity contribution is -0.137. The molecule has 0 atom stereocenters. The molecule has 1 nitrogen and oxygen atoms in total. The average Bonchev–Trinajstić information content (AvgIpc) is 2.21. The van der Waals surface area contributed by atoms with Crippen LogP contribution in [0, 0.1) is 11.2 Å². The lowest BCUT2D eigenvalue weighted by Crippen LogP contribution is -2.07. The minimum absolute atomic E-state index is 0.108. The van der Waals surface area contributed by atoms with E-state index in [0.29, 0.717) is 12.6 Å². The number of benzene rings is 1. The first-order valence-electron chi connectivity index (χ1n) is 5.95. The molecular formula is C14H17F4N. The Morgan fingerprint density at radius 2 is 1.74 bits per heavy atom. The fourth-order valence-corrected chi connectivity index (χ4v) is 1.42. The van der Waals surface area contributed by atoms with Gasteiger partial charge in [0.15, 0.2) is 0 Å². The lowest BCUT2D eigenvalue weighted by Gasteiger charge is -2.15. The second kappa shape index (κ2) is 5.72. The fourth-order valence-electron chi connectivity index (χ4n) is 1.42. The van der Waals surface area contributed by atoms with Crippen molar-refractivity contribution in [1.29, 1.82) is 0 Å². The summed E-state index contributed by atoms with van der Waals surface area (Å²) in [5.74, 6) is -0.910. The highest BCUT2D eigenvalue weighted by atomic mass is 19.4. The van der Waals surface area contributed by atoms with Crippen LogP contribution in [0.2, 0.25) is 0 Å². The van der Waals surface area contributed by atoms with Gasteiger partial charge in [-0.25, -0.2) is 4.39 Å². The molecule has 0 aliphatic heterocycles. The third kappa shape index (κ3) is 5.85. The standard InChI is InChI=1S/C14H17F4N/c1-13(2,3)4-5-19-9-10-6-11(14(16,17)18)8-12(15)7-10/h6-9H,4-5H2,1-3H3/b19-9+. The van der Waals surface area contributed by atoms with E-state index in [-0.39, 0.29) is 11.0 Å². The van der Waals surface area contributed by atoms with Crippen molar-refractivity contribution in [2.24, 2.45) is 10.4 Å². The molecule has 106 valence electrons. The molecule has 5 heteroatoms. The Hall–Kier alpha value is -1.39. The van der Waals surface area contributed by atoms with Crippen LogP contribution in [0.25, 0.3) is 0 Å². The van der Waals surface area contributed by atoms with Gasteiger partial charge in [0, 0.05) is 12.8 Å². The van der Waals surface area contributed by atoms with E-state index in [4.69, 9.17) is 0 Å². The number of rotatable bonds is 3. The quantitative estimate of drug-likeness (QED) is 0.560. The number of hydrogen-bond donors (Lipinski definition) is 0. The van der Waals surface area contributed by atoms with Gasteiger partial charge in [-0.3, -0.25) is 4.99 Å². The van der Waals surface area contributed by atoms with Crippen LogP contribution in [0.4, 0.5) is 17.6 Å². The van der Waals surface area contributed by atoms with Crippen LogP contribution in [0.1, 0.15) is 38.3 Å². The van der Waals surface area contributed by atoms with E-state index in [2.05, 4.69) is 4.99 Å². The molecule has 0 amide bonds. The van der Waals surface area contributed by atoms with Gasteiger partial charge in [-0.2, -0.15) is 13.2 Å². The summed E-state index contributed by atoms with van der Waals surface area (Å²) in [4.78, 5) is 4.03. The third-order valence-electron chi connectivity index (χ3n) is 2.48. The summed E-state index contributed by atoms with van der Waals surface area (Å²) in [6.07, 6.45) is -2.45. The van der Waals surface area contributed by atoms with Crippen LogP contribution in [-0.2, 0) is 6.18 Å². The van der Waals surface area contributed by atoms with Crippen LogP contribution in [0.3, 0.4) is 0 Å². The van der Waals surface area contributed by atoms with Gasteiger partial charge in [-0.1, -0.05) is 20.8 Å². The molecule has 1 rings (SSSR count). The summed E-state index contributed by atoms with van der Waals surface area (Å²) in [5, 5.41) is 0. The van der Waals surface area contributed by atoms with Crippen LogP contribution >= 0.6 is 0 Å². The minimum atomic E-state index is -4.55. The maximum atomic E-state index is 13.1. The van der Waals surface area contributed by atoms with Crippen LogP contribution in [-0.4, -0.2) is 12.8 Å². The van der Waals surface area contributed by atoms with Crippen molar-refractivity contribution in [1.82, 2.24) is 0 Å². The van der Waals surface area contributed by atoms with Crippen molar-refractivity contribution in [3.05, 3.63) is 35.1 Å². The predicted octanol–water partition coefficient (Wildman–Crippen LogP) is 4.70. The molecule has 1 aromatic rings. The molecule has 0 aromatic heterocycles. The summed E-state index contributed by atoms with van der Waals surface area (Å²) < 4.78 is 50.5. The first-order chi connectivity index (χ1) is 8.58. The fraction of sp³-hybridized carbons (Fsp3) is 0.500. The first-order valence-corrected chi connectivity index (χ1v) is 5.95. The zero-order chi connectivity index (χ0) is 14.7. The van der Waals surface area contributed by atoms with Crippen molar-refractivity contribution in [2.45, 2.75) is 33.4 Å². The molecule has 0 spiro atoms. The Balaban J connectivity index is 2.79. The third-order valence-corrected chi connectivity index (χ3v) is 2.48. The zero-order valence-corrected chi connectivity index (χ0v) is 11.2. The van der Waals surface area contributed by atoms with Crippen molar-refractivity contribution in [3.8, 4) is 0 Å². The van der Waals surface area contributed by atoms with Crippen LogP contribution in [0.5, 0.6) is 0 Å². The number of halogens is 4. The molecule has 0 aliphatic rings. The molecule has 0 saturated carbocycles. The molecule has 0 saturated heterocycles. The molecule has 19 heavy (non-hydrogen) atoms. The number of aliphatic imine (C=N–C) groups is 1. The summed E-state index contributed by atoms with van der Waals surface area (Å²) >= 11 is 0. The number of alkyl halides is 3. The van der Waals surface area contributed by atoms with Crippen molar-refractivity contribution in [3.63, 3.8) is 0 Å². The topological polar surface area (TPSA) is 12.4 Å². The largest absolute Gasteiger partial charge is 0.416 e. The van der Waals surface area contributed by atoms with E-state index in [0.717, 1.165) is 18.6 Å². The maximum Gasteiger partial charge on any atom is 0.416 e. The molecule has 0 N–H and O–H groups in total. The molecular weight excluding hydrogens is 258 g/mol. The van der Waals surface area contributed by atoms with Crippen LogP contribution < -0.4 is 0 Å². The van der Waals surface area contributed by atoms with Gasteiger partial charge in [-0.15, -0.1) is 0 Å². The molecule has 0 fully saturated rings. The van der Waals surface area contributed by atoms with E-state index >= 15 is 0 Å². The van der Waals surface area contributed by atoms with Gasteiger partial charge in [0.05, 0.1) is 5.56 Å². The van der Waals surface area contributed by atoms with Gasteiger partial charge in [0.25, 0.3) is 0 Å². The Bertz CT molecular complexity index is 455. The Kier molecular flexibility index (Phi) is 4.71. The second-order valence-electron chi connectivity index (χ2n) is 5.62. The summed E-state index contributed by atoms with van der Waals surface area (Å²) in [6, 6.07) is 2.41. The van der Waals surface area contributed by atoms with Gasteiger partial charge < -0.3 is 0 Å². The highest BCUT2D eigenvalue weighted by Crippen LogP contribution is 2.30. The molecule has 0 radical (unpaired) electrons. The van der Waals surface area contributed by atoms with Crippen molar-refractivity contribution < 1.29 is 17.6 Å². The Labute approximate surface area is 110 Å². The molecule has 0 heterocycles. The summed E-state index contributed by atoms with van der Waals surface area (Å²) in [6.45, 7) is 6.65. The van der Waals surface area contributed by atoms with Crippen LogP contribution in [0.15, 0.2) is 23.2 Å². The summed E-state index contributed by atoms with van der Waals surface area (Å²) in [5.41, 5.74) is -0.762. The van der Waals surface area contributed by atoms with E-state index in [1.165, 1.54) is 6.21 Å². The average molecular weight is 275 g/mol. The van der Waals surface area contributed by atoms with E-state index in [9.17, 15) is 17.6 Å². The zero-order valence-electron chi connectivity index (χ0n) is 11.2. The van der Waals surface area contributed by atoms with Gasteiger partial charge in [0.2, 0.25) is 0 Å². The minimum Gasteiger partial charge on any atom is -0.293 e. The van der Waals surface area contributed by atoms with E-state index < -0.39 is 17.6 Å². The highest BCUT2D eigenvalue weighted by molar-refractivity contribution is 5.79. The normalized spacial score (nSPS) is 13.2. The molecule has 0 aliphatic carbocycles. The molecule has 0 bridgehead atoms. The summed E-state index contributed by atoms with van der Waals surface area (Å²) in [7, 11) is 0. The van der Waals surface area contributed by atoms with Gasteiger partial charge in [0.1, 0.15) is 5.82 Å². The highest BCUT2D eigenvalue weighted by Gasteiger charge is 2.31. The van der Waals surface area contributed by atoms with E-state index in [1.807, 2.05) is 20.8 Å². The number of nitrogens with zero attached hydrogens (tertiary/aromatic N) is 1. The SMILES string of the molecule is CC(C)(C)CC/N=C/c1cc(F)cc(C(F)(F)F)c1. The lowest BCUT2D eigenvalue weighted by atomic mass is 9.92. The molecule has 1 aromatic carbocycles. The van der Waals surface area contributed by atoms with E-state index in [1.54, 1.807) is 0 Å². The Morgan fingerprint density at radius 3 is 2.26 bits per heavy atom. The monoisotopic (exact) mass is 275 g/mol. The maximum absolute atomic E-state index is 13.1. The number of hydrogen-bond acceptors (Lipinski definition) is 1.